The highest BCUT2D eigenvalue weighted by Crippen LogP contribution is 2.23. The molecule has 0 N–H and O–H groups in total. The molecule has 0 aliphatic carbocycles. The van der Waals surface area contributed by atoms with Crippen molar-refractivity contribution in [3.05, 3.63) is 60.2 Å². The summed E-state index contributed by atoms with van der Waals surface area (Å²) in [7, 11) is -4.02. The molecule has 23 heavy (non-hydrogen) atoms. The molecule has 1 heterocycles. The molecule has 0 saturated carbocycles. The Hall–Kier alpha value is -2.74. The second-order valence-corrected chi connectivity index (χ2v) is 6.20. The maximum absolute atomic E-state index is 12.9. The summed E-state index contributed by atoms with van der Waals surface area (Å²) >= 11 is 0. The predicted molar refractivity (Wildman–Crippen MR) is 78.7 cm³/mol. The summed E-state index contributed by atoms with van der Waals surface area (Å²) in [4.78, 5) is 3.94. The van der Waals surface area contributed by atoms with Crippen molar-refractivity contribution in [3.8, 4) is 17.1 Å². The molecule has 0 unspecified atom stereocenters. The molecule has 0 aliphatic rings. The third kappa shape index (κ3) is 3.37. The molecule has 0 saturated heterocycles. The number of benzene rings is 2. The first kappa shape index (κ1) is 15.2. The Kier molecular flexibility index (Phi) is 3.83. The number of aryl methyl sites for hydroxylation is 1. The van der Waals surface area contributed by atoms with Crippen LogP contribution >= 0.6 is 0 Å². The summed E-state index contributed by atoms with van der Waals surface area (Å²) in [5, 5.41) is 3.77. The van der Waals surface area contributed by atoms with E-state index in [1.807, 2.05) is 0 Å². The van der Waals surface area contributed by atoms with Gasteiger partial charge in [-0.3, -0.25) is 0 Å². The first-order valence-electron chi connectivity index (χ1n) is 6.55. The highest BCUT2D eigenvalue weighted by atomic mass is 32.2. The van der Waals surface area contributed by atoms with Gasteiger partial charge in [-0.15, -0.1) is 0 Å². The maximum Gasteiger partial charge on any atom is 0.339 e. The zero-order chi connectivity index (χ0) is 16.4. The Morgan fingerprint density at radius 3 is 2.26 bits per heavy atom. The fourth-order valence-corrected chi connectivity index (χ4v) is 2.78. The van der Waals surface area contributed by atoms with E-state index < -0.39 is 15.9 Å². The molecule has 3 rings (SSSR count). The van der Waals surface area contributed by atoms with E-state index in [2.05, 4.69) is 10.1 Å². The summed E-state index contributed by atoms with van der Waals surface area (Å²) in [5.74, 6) is 0.427. The van der Waals surface area contributed by atoms with E-state index in [1.165, 1.54) is 12.1 Å². The molecule has 0 atom stereocenters. The van der Waals surface area contributed by atoms with Crippen LogP contribution in [0.15, 0.2) is 57.9 Å². The second kappa shape index (κ2) is 5.81. The summed E-state index contributed by atoms with van der Waals surface area (Å²) < 4.78 is 46.9. The molecule has 3 aromatic rings. The number of aromatic nitrogens is 2. The van der Waals surface area contributed by atoms with Gasteiger partial charge >= 0.3 is 10.1 Å². The number of nitrogens with zero attached hydrogens (tertiary/aromatic N) is 2. The quantitative estimate of drug-likeness (QED) is 0.682. The molecule has 8 heteroatoms. The molecule has 0 fully saturated rings. The van der Waals surface area contributed by atoms with Crippen molar-refractivity contribution in [2.45, 2.75) is 11.8 Å². The topological polar surface area (TPSA) is 82.3 Å². The highest BCUT2D eigenvalue weighted by molar-refractivity contribution is 7.87. The van der Waals surface area contributed by atoms with Crippen molar-refractivity contribution >= 4 is 10.1 Å². The molecule has 118 valence electrons. The highest BCUT2D eigenvalue weighted by Gasteiger charge is 2.17. The third-order valence-corrected chi connectivity index (χ3v) is 4.21. The summed E-state index contributed by atoms with van der Waals surface area (Å²) in [6.07, 6.45) is 0. The van der Waals surface area contributed by atoms with Gasteiger partial charge in [0.1, 0.15) is 16.5 Å². The number of rotatable bonds is 4. The average Bonchev–Trinajstić information content (AvgIpc) is 2.95. The average molecular weight is 334 g/mol. The Morgan fingerprint density at radius 2 is 1.70 bits per heavy atom. The molecular formula is C15H11FN2O4S. The molecule has 2 aromatic carbocycles. The summed E-state index contributed by atoms with van der Waals surface area (Å²) in [6.45, 7) is 1.67. The van der Waals surface area contributed by atoms with Crippen LogP contribution in [0.2, 0.25) is 0 Å². The van der Waals surface area contributed by atoms with E-state index in [9.17, 15) is 12.8 Å². The van der Waals surface area contributed by atoms with Gasteiger partial charge in [-0.2, -0.15) is 13.4 Å². The van der Waals surface area contributed by atoms with Crippen LogP contribution in [0.5, 0.6) is 5.75 Å². The molecule has 0 radical (unpaired) electrons. The van der Waals surface area contributed by atoms with Crippen molar-refractivity contribution < 1.29 is 21.5 Å². The van der Waals surface area contributed by atoms with E-state index in [0.717, 1.165) is 24.3 Å². The Balaban J connectivity index is 1.81. The first-order chi connectivity index (χ1) is 10.9. The smallest absolute Gasteiger partial charge is 0.339 e. The van der Waals surface area contributed by atoms with Crippen molar-refractivity contribution in [2.75, 3.05) is 0 Å². The van der Waals surface area contributed by atoms with Crippen LogP contribution in [0.25, 0.3) is 11.4 Å². The lowest BCUT2D eigenvalue weighted by Gasteiger charge is -2.07. The molecule has 0 aliphatic heterocycles. The van der Waals surface area contributed by atoms with Crippen LogP contribution in [0.1, 0.15) is 5.89 Å². The minimum absolute atomic E-state index is 0.123. The molecule has 6 nitrogen and oxygen atoms in total. The summed E-state index contributed by atoms with van der Waals surface area (Å²) in [5.41, 5.74) is 0.661. The lowest BCUT2D eigenvalue weighted by atomic mass is 10.2. The Labute approximate surface area is 131 Å². The fourth-order valence-electron chi connectivity index (χ4n) is 1.85. The lowest BCUT2D eigenvalue weighted by molar-refractivity contribution is 0.394. The lowest BCUT2D eigenvalue weighted by Crippen LogP contribution is -2.09. The second-order valence-electron chi connectivity index (χ2n) is 4.65. The number of hydrogen-bond acceptors (Lipinski definition) is 6. The van der Waals surface area contributed by atoms with Crippen LogP contribution in [0, 0.1) is 12.7 Å². The predicted octanol–water partition coefficient (Wildman–Crippen LogP) is 2.95. The van der Waals surface area contributed by atoms with E-state index in [4.69, 9.17) is 8.71 Å². The van der Waals surface area contributed by atoms with Gasteiger partial charge in [-0.25, -0.2) is 4.39 Å². The van der Waals surface area contributed by atoms with Gasteiger partial charge in [0.2, 0.25) is 11.7 Å². The largest absolute Gasteiger partial charge is 0.379 e. The van der Waals surface area contributed by atoms with E-state index in [-0.39, 0.29) is 10.6 Å². The van der Waals surface area contributed by atoms with Crippen molar-refractivity contribution in [1.82, 2.24) is 10.1 Å². The van der Waals surface area contributed by atoms with E-state index in [0.29, 0.717) is 17.3 Å². The van der Waals surface area contributed by atoms with Crippen molar-refractivity contribution in [1.29, 1.82) is 0 Å². The van der Waals surface area contributed by atoms with Gasteiger partial charge in [-0.1, -0.05) is 5.16 Å². The molecule has 0 bridgehead atoms. The van der Waals surface area contributed by atoms with E-state index in [1.54, 1.807) is 19.1 Å². The number of hydrogen-bond donors (Lipinski definition) is 0. The molecule has 0 spiro atoms. The van der Waals surface area contributed by atoms with E-state index >= 15 is 0 Å². The minimum Gasteiger partial charge on any atom is -0.379 e. The Bertz CT molecular complexity index is 919. The van der Waals surface area contributed by atoms with Gasteiger partial charge < -0.3 is 8.71 Å². The normalized spacial score (nSPS) is 11.4. The van der Waals surface area contributed by atoms with Crippen LogP contribution in [0.4, 0.5) is 4.39 Å². The monoisotopic (exact) mass is 334 g/mol. The fraction of sp³-hybridized carbons (Fsp3) is 0.0667. The van der Waals surface area contributed by atoms with Crippen molar-refractivity contribution in [2.24, 2.45) is 0 Å². The van der Waals surface area contributed by atoms with Crippen LogP contribution < -0.4 is 4.18 Å². The van der Waals surface area contributed by atoms with Crippen molar-refractivity contribution in [3.63, 3.8) is 0 Å². The van der Waals surface area contributed by atoms with Gasteiger partial charge in [-0.05, 0) is 48.5 Å². The van der Waals surface area contributed by atoms with Gasteiger partial charge in [0.15, 0.2) is 0 Å². The van der Waals surface area contributed by atoms with Gasteiger partial charge in [0.25, 0.3) is 0 Å². The number of halogens is 1. The molecular weight excluding hydrogens is 323 g/mol. The summed E-state index contributed by atoms with van der Waals surface area (Å²) in [6, 6.07) is 10.6. The van der Waals surface area contributed by atoms with Crippen LogP contribution in [-0.4, -0.2) is 18.6 Å². The molecule has 1 aromatic heterocycles. The van der Waals surface area contributed by atoms with Crippen LogP contribution in [0.3, 0.4) is 0 Å². The van der Waals surface area contributed by atoms with Crippen LogP contribution in [-0.2, 0) is 10.1 Å². The minimum atomic E-state index is -4.02. The SMILES string of the molecule is Cc1nc(-c2ccc(OS(=O)(=O)c3ccc(F)cc3)cc2)no1. The van der Waals surface area contributed by atoms with Gasteiger partial charge in [0.05, 0.1) is 0 Å². The van der Waals surface area contributed by atoms with Gasteiger partial charge in [0, 0.05) is 12.5 Å². The third-order valence-electron chi connectivity index (χ3n) is 2.95. The zero-order valence-electron chi connectivity index (χ0n) is 11.9. The standard InChI is InChI=1S/C15H11FN2O4S/c1-10-17-15(18-21-10)11-2-6-13(7-3-11)22-23(19,20)14-8-4-12(16)5-9-14/h2-9H,1H3. The maximum atomic E-state index is 12.9. The zero-order valence-corrected chi connectivity index (χ0v) is 12.7. The molecule has 0 amide bonds. The Morgan fingerprint density at radius 1 is 1.04 bits per heavy atom. The first-order valence-corrected chi connectivity index (χ1v) is 7.96.